The van der Waals surface area contributed by atoms with E-state index < -0.39 is 6.09 Å². The van der Waals surface area contributed by atoms with Gasteiger partial charge in [-0.05, 0) is 41.3 Å². The number of para-hydroxylation sites is 1. The van der Waals surface area contributed by atoms with Crippen molar-refractivity contribution < 1.29 is 19.1 Å². The highest BCUT2D eigenvalue weighted by Gasteiger charge is 2.35. The minimum absolute atomic E-state index is 0.111. The Bertz CT molecular complexity index is 1400. The zero-order chi connectivity index (χ0) is 24.9. The third-order valence-corrected chi connectivity index (χ3v) is 6.13. The summed E-state index contributed by atoms with van der Waals surface area (Å²) >= 11 is 0. The highest BCUT2D eigenvalue weighted by Crippen LogP contribution is 2.34. The molecular formula is C30H24N2O4. The summed E-state index contributed by atoms with van der Waals surface area (Å²) < 4.78 is 5.66. The van der Waals surface area contributed by atoms with Crippen molar-refractivity contribution in [3.63, 3.8) is 0 Å². The van der Waals surface area contributed by atoms with Crippen molar-refractivity contribution >= 4 is 17.9 Å². The Hall–Kier alpha value is -4.71. The van der Waals surface area contributed by atoms with Crippen LogP contribution in [0, 0.1) is 0 Å². The van der Waals surface area contributed by atoms with Gasteiger partial charge in [0, 0.05) is 12.1 Å². The highest BCUT2D eigenvalue weighted by molar-refractivity contribution is 6.21. The van der Waals surface area contributed by atoms with E-state index in [1.807, 2.05) is 66.7 Å². The van der Waals surface area contributed by atoms with Gasteiger partial charge in [0.2, 0.25) is 0 Å². The van der Waals surface area contributed by atoms with Gasteiger partial charge in [-0.3, -0.25) is 14.5 Å². The second kappa shape index (κ2) is 10.3. The van der Waals surface area contributed by atoms with E-state index in [0.29, 0.717) is 35.4 Å². The Balaban J connectivity index is 1.33. The quantitative estimate of drug-likeness (QED) is 0.359. The van der Waals surface area contributed by atoms with Gasteiger partial charge >= 0.3 is 6.09 Å². The Kier molecular flexibility index (Phi) is 6.58. The third kappa shape index (κ3) is 4.74. The summed E-state index contributed by atoms with van der Waals surface area (Å²) in [4.78, 5) is 39.6. The van der Waals surface area contributed by atoms with Crippen molar-refractivity contribution in [1.82, 2.24) is 10.2 Å². The first kappa shape index (κ1) is 23.1. The second-order valence-electron chi connectivity index (χ2n) is 8.45. The average molecular weight is 477 g/mol. The maximum absolute atomic E-state index is 12.9. The maximum Gasteiger partial charge on any atom is 0.412 e. The zero-order valence-corrected chi connectivity index (χ0v) is 19.5. The van der Waals surface area contributed by atoms with Crippen LogP contribution in [0.1, 0.15) is 31.8 Å². The van der Waals surface area contributed by atoms with Gasteiger partial charge in [-0.15, -0.1) is 0 Å². The highest BCUT2D eigenvalue weighted by atomic mass is 16.6. The molecule has 4 aromatic rings. The number of hydrogen-bond acceptors (Lipinski definition) is 4. The molecule has 1 aliphatic heterocycles. The topological polar surface area (TPSA) is 75.7 Å². The lowest BCUT2D eigenvalue weighted by Gasteiger charge is -2.18. The standard InChI is InChI=1S/C30H24N2O4/c33-28-25-15-6-7-16-26(25)29(34)32(28)20-22-12-4-5-13-23(22)24-14-8-9-17-27(24)36-30(35)31-19-18-21-10-2-1-3-11-21/h1-17H,18-20H2,(H,31,35). The largest absolute Gasteiger partial charge is 0.412 e. The van der Waals surface area contributed by atoms with Crippen molar-refractivity contribution in [1.29, 1.82) is 0 Å². The summed E-state index contributed by atoms with van der Waals surface area (Å²) in [6, 6.07) is 31.5. The van der Waals surface area contributed by atoms with Crippen LogP contribution in [0.5, 0.6) is 5.75 Å². The van der Waals surface area contributed by atoms with Crippen LogP contribution in [0.3, 0.4) is 0 Å². The number of amides is 3. The van der Waals surface area contributed by atoms with Gasteiger partial charge in [0.15, 0.2) is 0 Å². The smallest absolute Gasteiger partial charge is 0.410 e. The number of rotatable bonds is 7. The molecule has 0 saturated carbocycles. The molecule has 0 spiro atoms. The van der Waals surface area contributed by atoms with E-state index >= 15 is 0 Å². The number of fused-ring (bicyclic) bond motifs is 1. The number of nitrogens with one attached hydrogen (secondary N) is 1. The first-order chi connectivity index (χ1) is 17.6. The molecule has 0 atom stereocenters. The minimum atomic E-state index is -0.545. The lowest BCUT2D eigenvalue weighted by Crippen LogP contribution is -2.29. The molecule has 0 unspecified atom stereocenters. The van der Waals surface area contributed by atoms with Gasteiger partial charge in [0.05, 0.1) is 17.7 Å². The fraction of sp³-hybridized carbons (Fsp3) is 0.100. The Morgan fingerprint density at radius 3 is 1.92 bits per heavy atom. The number of carbonyl (C=O) groups is 3. The molecule has 0 aliphatic carbocycles. The number of hydrogen-bond donors (Lipinski definition) is 1. The fourth-order valence-electron chi connectivity index (χ4n) is 4.34. The van der Waals surface area contributed by atoms with Crippen LogP contribution in [0.2, 0.25) is 0 Å². The first-order valence-electron chi connectivity index (χ1n) is 11.7. The molecule has 5 rings (SSSR count). The molecule has 0 aromatic heterocycles. The van der Waals surface area contributed by atoms with Crippen LogP contribution >= 0.6 is 0 Å². The maximum atomic E-state index is 12.9. The van der Waals surface area contributed by atoms with E-state index in [1.54, 1.807) is 36.4 Å². The predicted octanol–water partition coefficient (Wildman–Crippen LogP) is 5.48. The molecule has 0 fully saturated rings. The van der Waals surface area contributed by atoms with Crippen LogP contribution in [0.25, 0.3) is 11.1 Å². The second-order valence-corrected chi connectivity index (χ2v) is 8.45. The number of ether oxygens (including phenoxy) is 1. The van der Waals surface area contributed by atoms with E-state index in [4.69, 9.17) is 4.74 Å². The summed E-state index contributed by atoms with van der Waals surface area (Å²) in [6.07, 6.45) is 0.150. The number of carbonyl (C=O) groups excluding carboxylic acids is 3. The molecule has 0 saturated heterocycles. The Morgan fingerprint density at radius 1 is 0.667 bits per heavy atom. The number of nitrogens with zero attached hydrogens (tertiary/aromatic N) is 1. The van der Waals surface area contributed by atoms with Gasteiger partial charge in [-0.25, -0.2) is 4.79 Å². The summed E-state index contributed by atoms with van der Waals surface area (Å²) in [5, 5.41) is 2.79. The summed E-state index contributed by atoms with van der Waals surface area (Å²) in [5.74, 6) is -0.231. The average Bonchev–Trinajstić information content (AvgIpc) is 3.15. The molecule has 6 nitrogen and oxygen atoms in total. The van der Waals surface area contributed by atoms with E-state index in [2.05, 4.69) is 5.32 Å². The van der Waals surface area contributed by atoms with Crippen LogP contribution in [-0.2, 0) is 13.0 Å². The monoisotopic (exact) mass is 476 g/mol. The molecule has 1 heterocycles. The lowest BCUT2D eigenvalue weighted by atomic mass is 9.98. The Labute approximate surface area is 209 Å². The molecule has 1 aliphatic rings. The molecule has 0 bridgehead atoms. The normalized spacial score (nSPS) is 12.4. The molecular weight excluding hydrogens is 452 g/mol. The lowest BCUT2D eigenvalue weighted by molar-refractivity contribution is 0.0642. The van der Waals surface area contributed by atoms with Gasteiger partial charge in [-0.1, -0.05) is 84.9 Å². The van der Waals surface area contributed by atoms with Crippen LogP contribution in [0.15, 0.2) is 103 Å². The fourth-order valence-corrected chi connectivity index (χ4v) is 4.34. The van der Waals surface area contributed by atoms with Gasteiger partial charge in [0.1, 0.15) is 5.75 Å². The minimum Gasteiger partial charge on any atom is -0.410 e. The molecule has 4 aromatic carbocycles. The Morgan fingerprint density at radius 2 is 1.22 bits per heavy atom. The molecule has 36 heavy (non-hydrogen) atoms. The van der Waals surface area contributed by atoms with Crippen LogP contribution < -0.4 is 10.1 Å². The first-order valence-corrected chi connectivity index (χ1v) is 11.7. The van der Waals surface area contributed by atoms with Crippen molar-refractivity contribution in [2.75, 3.05) is 6.54 Å². The summed E-state index contributed by atoms with van der Waals surface area (Å²) in [7, 11) is 0. The van der Waals surface area contributed by atoms with Crippen molar-refractivity contribution in [3.8, 4) is 16.9 Å². The molecule has 178 valence electrons. The SMILES string of the molecule is O=C(NCCc1ccccc1)Oc1ccccc1-c1ccccc1CN1C(=O)c2ccccc2C1=O. The molecule has 6 heteroatoms. The van der Waals surface area contributed by atoms with Crippen molar-refractivity contribution in [2.24, 2.45) is 0 Å². The van der Waals surface area contributed by atoms with Crippen molar-refractivity contribution in [2.45, 2.75) is 13.0 Å². The molecule has 3 amide bonds. The molecule has 1 N–H and O–H groups in total. The molecule has 0 radical (unpaired) electrons. The number of benzene rings is 4. The predicted molar refractivity (Wildman–Crippen MR) is 137 cm³/mol. The van der Waals surface area contributed by atoms with E-state index in [9.17, 15) is 14.4 Å². The summed E-state index contributed by atoms with van der Waals surface area (Å²) in [5.41, 5.74) is 4.20. The third-order valence-electron chi connectivity index (χ3n) is 6.13. The van der Waals surface area contributed by atoms with Gasteiger partial charge in [0.25, 0.3) is 11.8 Å². The number of imide groups is 1. The van der Waals surface area contributed by atoms with E-state index in [-0.39, 0.29) is 18.4 Å². The van der Waals surface area contributed by atoms with E-state index in [0.717, 1.165) is 16.7 Å². The van der Waals surface area contributed by atoms with Crippen LogP contribution in [-0.4, -0.2) is 29.4 Å². The van der Waals surface area contributed by atoms with Gasteiger partial charge in [-0.2, -0.15) is 0 Å². The van der Waals surface area contributed by atoms with Crippen molar-refractivity contribution in [3.05, 3.63) is 125 Å². The van der Waals surface area contributed by atoms with E-state index in [1.165, 1.54) is 4.90 Å². The van der Waals surface area contributed by atoms with Crippen LogP contribution in [0.4, 0.5) is 4.79 Å². The zero-order valence-electron chi connectivity index (χ0n) is 19.5. The van der Waals surface area contributed by atoms with Gasteiger partial charge < -0.3 is 10.1 Å². The summed E-state index contributed by atoms with van der Waals surface area (Å²) in [6.45, 7) is 0.557.